The Morgan fingerprint density at radius 3 is 2.46 bits per heavy atom. The first-order chi connectivity index (χ1) is 13.0. The highest BCUT2D eigenvalue weighted by molar-refractivity contribution is 9.10. The van der Waals surface area contributed by atoms with Gasteiger partial charge in [-0.25, -0.2) is 4.99 Å². The third-order valence-corrected chi connectivity index (χ3v) is 5.13. The standard InChI is InChI=1S/C15H16BrF3N6O3/c16-9-6-8(28-15(17,18)19)7-10(25(26)27)11(9)24-13(21)22-12(20)23-14(24)4-2-1-3-5-14/h6-7H,1-5H2,(H4,20,21,22,23). The molecule has 1 heterocycles. The Morgan fingerprint density at radius 1 is 1.25 bits per heavy atom. The maximum Gasteiger partial charge on any atom is 0.573 e. The lowest BCUT2D eigenvalue weighted by Crippen LogP contribution is -2.58. The van der Waals surface area contributed by atoms with E-state index in [-0.39, 0.29) is 22.1 Å². The molecule has 0 saturated heterocycles. The van der Waals surface area contributed by atoms with Gasteiger partial charge in [-0.15, -0.1) is 13.2 Å². The van der Waals surface area contributed by atoms with Crippen LogP contribution in [0.4, 0.5) is 24.5 Å². The van der Waals surface area contributed by atoms with Crippen LogP contribution in [0.3, 0.4) is 0 Å². The van der Waals surface area contributed by atoms with E-state index in [4.69, 9.17) is 11.5 Å². The molecule has 1 saturated carbocycles. The Hall–Kier alpha value is -2.57. The van der Waals surface area contributed by atoms with Gasteiger partial charge in [0, 0.05) is 0 Å². The molecule has 0 unspecified atom stereocenters. The second-order valence-electron chi connectivity index (χ2n) is 6.40. The molecule has 1 aliphatic carbocycles. The third kappa shape index (κ3) is 3.84. The number of aliphatic imine (C=N–C) groups is 2. The van der Waals surface area contributed by atoms with E-state index in [1.54, 1.807) is 0 Å². The highest BCUT2D eigenvalue weighted by Crippen LogP contribution is 2.47. The van der Waals surface area contributed by atoms with Crippen LogP contribution in [0.15, 0.2) is 26.6 Å². The molecule has 1 spiro atoms. The number of hydrogen-bond acceptors (Lipinski definition) is 8. The number of benzene rings is 1. The number of anilines is 1. The number of nitrogens with two attached hydrogens (primary N) is 2. The lowest BCUT2D eigenvalue weighted by atomic mass is 9.87. The van der Waals surface area contributed by atoms with Crippen molar-refractivity contribution < 1.29 is 22.8 Å². The summed E-state index contributed by atoms with van der Waals surface area (Å²) in [6.07, 6.45) is -1.47. The van der Waals surface area contributed by atoms with Gasteiger partial charge in [0.25, 0.3) is 5.69 Å². The predicted molar refractivity (Wildman–Crippen MR) is 99.0 cm³/mol. The molecule has 0 amide bonds. The minimum atomic E-state index is -5.00. The molecular weight excluding hydrogens is 449 g/mol. The van der Waals surface area contributed by atoms with Gasteiger partial charge in [0.1, 0.15) is 17.1 Å². The summed E-state index contributed by atoms with van der Waals surface area (Å²) in [5.74, 6) is -0.905. The maximum absolute atomic E-state index is 12.6. The summed E-state index contributed by atoms with van der Waals surface area (Å²) in [7, 11) is 0. The summed E-state index contributed by atoms with van der Waals surface area (Å²) in [5, 5.41) is 11.7. The van der Waals surface area contributed by atoms with Crippen LogP contribution in [0.2, 0.25) is 0 Å². The molecule has 1 aliphatic heterocycles. The van der Waals surface area contributed by atoms with E-state index in [1.807, 2.05) is 0 Å². The zero-order valence-corrected chi connectivity index (χ0v) is 16.0. The Balaban J connectivity index is 2.18. The quantitative estimate of drug-likeness (QED) is 0.520. The van der Waals surface area contributed by atoms with E-state index < -0.39 is 28.4 Å². The van der Waals surface area contributed by atoms with Gasteiger partial charge in [-0.3, -0.25) is 15.0 Å². The molecule has 152 valence electrons. The summed E-state index contributed by atoms with van der Waals surface area (Å²) in [5.41, 5.74) is 10.1. The smallest absolute Gasteiger partial charge is 0.405 e. The van der Waals surface area contributed by atoms with E-state index in [0.717, 1.165) is 25.3 Å². The summed E-state index contributed by atoms with van der Waals surface area (Å²) in [6.45, 7) is 0. The fraction of sp³-hybridized carbons (Fsp3) is 0.467. The molecule has 0 radical (unpaired) electrons. The molecule has 0 bridgehead atoms. The third-order valence-electron chi connectivity index (χ3n) is 4.52. The Labute approximate surface area is 165 Å². The molecule has 1 aromatic rings. The summed E-state index contributed by atoms with van der Waals surface area (Å²) in [4.78, 5) is 20.5. The normalized spacial score (nSPS) is 19.2. The lowest BCUT2D eigenvalue weighted by Gasteiger charge is -2.45. The molecule has 0 aromatic heterocycles. The van der Waals surface area contributed by atoms with Gasteiger partial charge in [0.15, 0.2) is 0 Å². The van der Waals surface area contributed by atoms with Crippen molar-refractivity contribution in [3.05, 3.63) is 26.7 Å². The number of nitro groups is 1. The molecule has 28 heavy (non-hydrogen) atoms. The fourth-order valence-electron chi connectivity index (χ4n) is 3.56. The van der Waals surface area contributed by atoms with Crippen LogP contribution in [0, 0.1) is 10.1 Å². The van der Waals surface area contributed by atoms with E-state index in [2.05, 4.69) is 30.7 Å². The van der Waals surface area contributed by atoms with Crippen molar-refractivity contribution in [1.82, 2.24) is 0 Å². The number of ether oxygens (including phenoxy) is 1. The van der Waals surface area contributed by atoms with Gasteiger partial charge in [0.2, 0.25) is 11.9 Å². The molecule has 1 aromatic carbocycles. The van der Waals surface area contributed by atoms with Gasteiger partial charge >= 0.3 is 6.36 Å². The van der Waals surface area contributed by atoms with Crippen LogP contribution in [0.25, 0.3) is 0 Å². The van der Waals surface area contributed by atoms with E-state index in [0.29, 0.717) is 18.9 Å². The Bertz CT molecular complexity index is 867. The van der Waals surface area contributed by atoms with Crippen molar-refractivity contribution in [2.75, 3.05) is 4.90 Å². The highest BCUT2D eigenvalue weighted by Gasteiger charge is 2.46. The zero-order chi connectivity index (χ0) is 20.7. The molecule has 9 nitrogen and oxygen atoms in total. The SMILES string of the molecule is NC1=NC2(CCCCC2)N(c2c(Br)cc(OC(F)(F)F)cc2[N+](=O)[O-])C(N)=N1. The number of guanidine groups is 2. The molecule has 3 rings (SSSR count). The van der Waals surface area contributed by atoms with Crippen LogP contribution >= 0.6 is 15.9 Å². The monoisotopic (exact) mass is 464 g/mol. The summed E-state index contributed by atoms with van der Waals surface area (Å²) >= 11 is 3.12. The summed E-state index contributed by atoms with van der Waals surface area (Å²) < 4.78 is 41.5. The van der Waals surface area contributed by atoms with Crippen LogP contribution in [-0.4, -0.2) is 28.9 Å². The number of nitrogens with zero attached hydrogens (tertiary/aromatic N) is 4. The van der Waals surface area contributed by atoms with Gasteiger partial charge in [-0.2, -0.15) is 4.99 Å². The fourth-order valence-corrected chi connectivity index (χ4v) is 4.16. The number of halogens is 4. The van der Waals surface area contributed by atoms with Crippen LogP contribution in [0.5, 0.6) is 5.75 Å². The van der Waals surface area contributed by atoms with E-state index in [1.165, 1.54) is 4.90 Å². The number of rotatable bonds is 3. The van der Waals surface area contributed by atoms with Crippen molar-refractivity contribution in [3.63, 3.8) is 0 Å². The van der Waals surface area contributed by atoms with Crippen molar-refractivity contribution in [1.29, 1.82) is 0 Å². The second-order valence-corrected chi connectivity index (χ2v) is 7.25. The van der Waals surface area contributed by atoms with Crippen LogP contribution < -0.4 is 21.1 Å². The largest absolute Gasteiger partial charge is 0.573 e. The minimum absolute atomic E-state index is 0.0141. The number of alkyl halides is 3. The predicted octanol–water partition coefficient (Wildman–Crippen LogP) is 3.37. The average molecular weight is 465 g/mol. The first kappa shape index (κ1) is 20.2. The topological polar surface area (TPSA) is 132 Å². The van der Waals surface area contributed by atoms with E-state index in [9.17, 15) is 23.3 Å². The first-order valence-electron chi connectivity index (χ1n) is 8.26. The maximum atomic E-state index is 12.6. The highest BCUT2D eigenvalue weighted by atomic mass is 79.9. The zero-order valence-electron chi connectivity index (χ0n) is 14.4. The number of hydrogen-bond donors (Lipinski definition) is 2. The summed E-state index contributed by atoms with van der Waals surface area (Å²) in [6, 6.07) is 1.68. The average Bonchev–Trinajstić information content (AvgIpc) is 2.54. The van der Waals surface area contributed by atoms with Gasteiger partial charge < -0.3 is 16.2 Å². The van der Waals surface area contributed by atoms with Gasteiger partial charge in [-0.05, 0) is 47.7 Å². The molecular formula is C15H16BrF3N6O3. The van der Waals surface area contributed by atoms with Crippen molar-refractivity contribution in [2.24, 2.45) is 21.5 Å². The van der Waals surface area contributed by atoms with Crippen molar-refractivity contribution >= 4 is 39.2 Å². The Morgan fingerprint density at radius 2 is 1.89 bits per heavy atom. The molecule has 0 atom stereocenters. The van der Waals surface area contributed by atoms with Crippen LogP contribution in [0.1, 0.15) is 32.1 Å². The molecule has 13 heteroatoms. The van der Waals surface area contributed by atoms with Gasteiger partial charge in [-0.1, -0.05) is 6.42 Å². The minimum Gasteiger partial charge on any atom is -0.405 e. The lowest BCUT2D eigenvalue weighted by molar-refractivity contribution is -0.384. The second kappa shape index (κ2) is 7.11. The first-order valence-corrected chi connectivity index (χ1v) is 9.05. The molecule has 2 aliphatic rings. The van der Waals surface area contributed by atoms with Crippen molar-refractivity contribution in [3.8, 4) is 5.75 Å². The van der Waals surface area contributed by atoms with Crippen LogP contribution in [-0.2, 0) is 0 Å². The molecule has 1 fully saturated rings. The van der Waals surface area contributed by atoms with E-state index >= 15 is 0 Å². The molecule has 4 N–H and O–H groups in total. The number of nitro benzene ring substituents is 1. The Kier molecular flexibility index (Phi) is 5.12. The van der Waals surface area contributed by atoms with Gasteiger partial charge in [0.05, 0.1) is 15.5 Å². The van der Waals surface area contributed by atoms with Crippen molar-refractivity contribution in [2.45, 2.75) is 44.1 Å².